The number of rotatable bonds is 7. The molecule has 1 heterocycles. The summed E-state index contributed by atoms with van der Waals surface area (Å²) in [7, 11) is 0.225. The zero-order chi connectivity index (χ0) is 17.7. The molecule has 2 aromatic rings. The quantitative estimate of drug-likeness (QED) is 0.787. The Morgan fingerprint density at radius 2 is 1.88 bits per heavy atom. The Hall–Kier alpha value is -1.74. The molecule has 0 aliphatic heterocycles. The molecule has 0 bridgehead atoms. The van der Waals surface area contributed by atoms with Crippen molar-refractivity contribution in [3.8, 4) is 0 Å². The van der Waals surface area contributed by atoms with Crippen LogP contribution >= 0.6 is 11.3 Å². The SMILES string of the molecule is CC(=O)Nc1ccc(S(=O)(=O)NCC(c2cccs2)N(C)C)cc1. The summed E-state index contributed by atoms with van der Waals surface area (Å²) in [5.74, 6) is -0.200. The van der Waals surface area contributed by atoms with Gasteiger partial charge in [-0.2, -0.15) is 0 Å². The molecule has 0 aliphatic carbocycles. The summed E-state index contributed by atoms with van der Waals surface area (Å²) in [5, 5.41) is 4.58. The van der Waals surface area contributed by atoms with Crippen LogP contribution < -0.4 is 10.0 Å². The molecule has 24 heavy (non-hydrogen) atoms. The molecule has 0 spiro atoms. The molecule has 2 N–H and O–H groups in total. The van der Waals surface area contributed by atoms with Crippen LogP contribution in [0.25, 0.3) is 0 Å². The highest BCUT2D eigenvalue weighted by Gasteiger charge is 2.20. The lowest BCUT2D eigenvalue weighted by molar-refractivity contribution is -0.114. The molecule has 2 rings (SSSR count). The number of carbonyl (C=O) groups excluding carboxylic acids is 1. The summed E-state index contributed by atoms with van der Waals surface area (Å²) in [5.41, 5.74) is 0.561. The van der Waals surface area contributed by atoms with Gasteiger partial charge in [0.05, 0.1) is 10.9 Å². The maximum Gasteiger partial charge on any atom is 0.240 e. The number of thiophene rings is 1. The molecule has 0 saturated heterocycles. The van der Waals surface area contributed by atoms with Gasteiger partial charge in [-0.25, -0.2) is 13.1 Å². The fourth-order valence-electron chi connectivity index (χ4n) is 2.21. The van der Waals surface area contributed by atoms with Crippen molar-refractivity contribution < 1.29 is 13.2 Å². The molecule has 130 valence electrons. The van der Waals surface area contributed by atoms with Crippen LogP contribution in [0.1, 0.15) is 17.8 Å². The standard InChI is InChI=1S/C16H21N3O3S2/c1-12(20)18-13-6-8-14(9-7-13)24(21,22)17-11-15(19(2)3)16-5-4-10-23-16/h4-10,15,17H,11H2,1-3H3,(H,18,20). The minimum absolute atomic E-state index is 0.0292. The predicted molar refractivity (Wildman–Crippen MR) is 96.7 cm³/mol. The molecule has 0 fully saturated rings. The summed E-state index contributed by atoms with van der Waals surface area (Å²) >= 11 is 1.60. The number of carbonyl (C=O) groups is 1. The number of hydrogen-bond acceptors (Lipinski definition) is 5. The highest BCUT2D eigenvalue weighted by atomic mass is 32.2. The number of amides is 1. The Morgan fingerprint density at radius 1 is 1.21 bits per heavy atom. The summed E-state index contributed by atoms with van der Waals surface area (Å²) in [6, 6.07) is 10.0. The van der Waals surface area contributed by atoms with Crippen molar-refractivity contribution in [3.63, 3.8) is 0 Å². The maximum atomic E-state index is 12.4. The van der Waals surface area contributed by atoms with Gasteiger partial charge in [0, 0.05) is 24.0 Å². The first-order valence-corrected chi connectivity index (χ1v) is 9.73. The molecule has 1 amide bonds. The van der Waals surface area contributed by atoms with Gasteiger partial charge in [0.15, 0.2) is 0 Å². The molecule has 1 aromatic carbocycles. The van der Waals surface area contributed by atoms with Gasteiger partial charge in [-0.05, 0) is 49.8 Å². The van der Waals surface area contributed by atoms with Crippen LogP contribution in [-0.4, -0.2) is 39.9 Å². The van der Waals surface area contributed by atoms with Crippen molar-refractivity contribution in [3.05, 3.63) is 46.7 Å². The van der Waals surface area contributed by atoms with Crippen molar-refractivity contribution >= 4 is 33.0 Å². The van der Waals surface area contributed by atoms with E-state index in [9.17, 15) is 13.2 Å². The molecule has 6 nitrogen and oxygen atoms in total. The van der Waals surface area contributed by atoms with Crippen LogP contribution in [-0.2, 0) is 14.8 Å². The van der Waals surface area contributed by atoms with Gasteiger partial charge in [0.2, 0.25) is 15.9 Å². The smallest absolute Gasteiger partial charge is 0.240 e. The van der Waals surface area contributed by atoms with Crippen LogP contribution in [0.5, 0.6) is 0 Å². The van der Waals surface area contributed by atoms with E-state index in [1.807, 2.05) is 36.5 Å². The Labute approximate surface area is 146 Å². The van der Waals surface area contributed by atoms with Crippen molar-refractivity contribution in [2.45, 2.75) is 17.9 Å². The predicted octanol–water partition coefficient (Wildman–Crippen LogP) is 2.29. The summed E-state index contributed by atoms with van der Waals surface area (Å²) in [6.45, 7) is 1.68. The number of likely N-dealkylation sites (N-methyl/N-ethyl adjacent to an activating group) is 1. The monoisotopic (exact) mass is 367 g/mol. The van der Waals surface area contributed by atoms with Gasteiger partial charge in [0.1, 0.15) is 0 Å². The van der Waals surface area contributed by atoms with Crippen LogP contribution in [0.3, 0.4) is 0 Å². The van der Waals surface area contributed by atoms with Gasteiger partial charge in [-0.15, -0.1) is 11.3 Å². The largest absolute Gasteiger partial charge is 0.326 e. The van der Waals surface area contributed by atoms with E-state index in [0.29, 0.717) is 5.69 Å². The maximum absolute atomic E-state index is 12.4. The Morgan fingerprint density at radius 3 is 2.38 bits per heavy atom. The number of anilines is 1. The first kappa shape index (κ1) is 18.6. The lowest BCUT2D eigenvalue weighted by atomic mass is 10.2. The van der Waals surface area contributed by atoms with Crippen molar-refractivity contribution in [1.29, 1.82) is 0 Å². The van der Waals surface area contributed by atoms with E-state index < -0.39 is 10.0 Å². The third-order valence-electron chi connectivity index (χ3n) is 3.45. The topological polar surface area (TPSA) is 78.5 Å². The van der Waals surface area contributed by atoms with Crippen LogP contribution in [0, 0.1) is 0 Å². The van der Waals surface area contributed by atoms with E-state index in [1.165, 1.54) is 19.1 Å². The first-order valence-electron chi connectivity index (χ1n) is 7.37. The lowest BCUT2D eigenvalue weighted by Crippen LogP contribution is -2.34. The number of benzene rings is 1. The minimum Gasteiger partial charge on any atom is -0.326 e. The van der Waals surface area contributed by atoms with Crippen LogP contribution in [0.15, 0.2) is 46.7 Å². The van der Waals surface area contributed by atoms with Gasteiger partial charge in [-0.1, -0.05) is 6.07 Å². The molecule has 1 atom stereocenters. The van der Waals surface area contributed by atoms with E-state index in [0.717, 1.165) is 4.88 Å². The normalized spacial score (nSPS) is 13.0. The lowest BCUT2D eigenvalue weighted by Gasteiger charge is -2.23. The van der Waals surface area contributed by atoms with Crippen LogP contribution in [0.2, 0.25) is 0 Å². The molecule has 1 unspecified atom stereocenters. The summed E-state index contributed by atoms with van der Waals surface area (Å²) in [6.07, 6.45) is 0. The third-order valence-corrected chi connectivity index (χ3v) is 5.86. The number of sulfonamides is 1. The molecule has 0 saturated carbocycles. The van der Waals surface area contributed by atoms with Crippen molar-refractivity contribution in [2.75, 3.05) is 26.0 Å². The summed E-state index contributed by atoms with van der Waals surface area (Å²) < 4.78 is 27.6. The molecule has 1 aromatic heterocycles. The Kier molecular flexibility index (Phi) is 6.11. The van der Waals surface area contributed by atoms with E-state index in [-0.39, 0.29) is 23.4 Å². The molecule has 8 heteroatoms. The fourth-order valence-corrected chi connectivity index (χ4v) is 4.17. The molecular formula is C16H21N3O3S2. The Bertz CT molecular complexity index is 769. The second-order valence-corrected chi connectivity index (χ2v) is 8.30. The van der Waals surface area contributed by atoms with Gasteiger partial charge in [0.25, 0.3) is 0 Å². The zero-order valence-electron chi connectivity index (χ0n) is 13.8. The van der Waals surface area contributed by atoms with Crippen molar-refractivity contribution in [2.24, 2.45) is 0 Å². The second-order valence-electron chi connectivity index (χ2n) is 5.55. The minimum atomic E-state index is -3.61. The average Bonchev–Trinajstić information content (AvgIpc) is 3.01. The van der Waals surface area contributed by atoms with Crippen molar-refractivity contribution in [1.82, 2.24) is 9.62 Å². The number of nitrogens with one attached hydrogen (secondary N) is 2. The second kappa shape index (κ2) is 7.89. The number of nitrogens with zero attached hydrogens (tertiary/aromatic N) is 1. The molecular weight excluding hydrogens is 346 g/mol. The molecule has 0 radical (unpaired) electrons. The Balaban J connectivity index is 2.08. The van der Waals surface area contributed by atoms with Gasteiger partial charge < -0.3 is 10.2 Å². The summed E-state index contributed by atoms with van der Waals surface area (Å²) in [4.78, 5) is 14.3. The van der Waals surface area contributed by atoms with E-state index in [2.05, 4.69) is 10.0 Å². The average molecular weight is 367 g/mol. The highest BCUT2D eigenvalue weighted by molar-refractivity contribution is 7.89. The van der Waals surface area contributed by atoms with Gasteiger partial charge in [-0.3, -0.25) is 4.79 Å². The zero-order valence-corrected chi connectivity index (χ0v) is 15.4. The highest BCUT2D eigenvalue weighted by Crippen LogP contribution is 2.23. The van der Waals surface area contributed by atoms with Gasteiger partial charge >= 0.3 is 0 Å². The fraction of sp³-hybridized carbons (Fsp3) is 0.312. The number of hydrogen-bond donors (Lipinski definition) is 2. The molecule has 0 aliphatic rings. The van der Waals surface area contributed by atoms with E-state index in [1.54, 1.807) is 23.5 Å². The third kappa shape index (κ3) is 4.88. The van der Waals surface area contributed by atoms with Crippen LogP contribution in [0.4, 0.5) is 5.69 Å². The van der Waals surface area contributed by atoms with E-state index >= 15 is 0 Å². The first-order chi connectivity index (χ1) is 11.3. The van der Waals surface area contributed by atoms with E-state index in [4.69, 9.17) is 0 Å².